The van der Waals surface area contributed by atoms with Crippen molar-refractivity contribution in [1.82, 2.24) is 14.7 Å². The average Bonchev–Trinajstić information content (AvgIpc) is 2.61. The summed E-state index contributed by atoms with van der Waals surface area (Å²) < 4.78 is 38.5. The molecule has 0 radical (unpaired) electrons. The second-order valence-corrected chi connectivity index (χ2v) is 3.79. The Bertz CT molecular complexity index is 403. The van der Waals surface area contributed by atoms with Gasteiger partial charge in [-0.25, -0.2) is 0 Å². The minimum Gasteiger partial charge on any atom is -0.480 e. The van der Waals surface area contributed by atoms with Gasteiger partial charge in [0.25, 0.3) is 0 Å². The topological polar surface area (TPSA) is 58.4 Å². The molecule has 0 bridgehead atoms. The third-order valence-corrected chi connectivity index (χ3v) is 2.25. The van der Waals surface area contributed by atoms with Crippen LogP contribution in [0.15, 0.2) is 12.3 Å². The number of aryl methyl sites for hydroxylation is 1. The fraction of sp³-hybridized carbons (Fsp3) is 0.600. The Labute approximate surface area is 102 Å². The molecule has 8 heteroatoms. The number of aromatic nitrogens is 2. The van der Waals surface area contributed by atoms with E-state index in [1.807, 2.05) is 6.92 Å². The summed E-state index contributed by atoms with van der Waals surface area (Å²) >= 11 is 0. The smallest absolute Gasteiger partial charge is 0.401 e. The van der Waals surface area contributed by atoms with Crippen LogP contribution in [-0.4, -0.2) is 45.0 Å². The van der Waals surface area contributed by atoms with E-state index in [4.69, 9.17) is 5.11 Å². The molecular weight excluding hydrogens is 251 g/mol. The molecule has 5 nitrogen and oxygen atoms in total. The van der Waals surface area contributed by atoms with Gasteiger partial charge in [-0.15, -0.1) is 0 Å². The van der Waals surface area contributed by atoms with E-state index in [1.54, 1.807) is 6.07 Å². The largest absolute Gasteiger partial charge is 0.480 e. The van der Waals surface area contributed by atoms with Gasteiger partial charge in [0.05, 0.1) is 18.8 Å². The lowest BCUT2D eigenvalue weighted by Crippen LogP contribution is -2.37. The van der Waals surface area contributed by atoms with Crippen LogP contribution in [0.5, 0.6) is 0 Å². The predicted octanol–water partition coefficient (Wildman–Crippen LogP) is 1.35. The Morgan fingerprint density at radius 3 is 2.72 bits per heavy atom. The van der Waals surface area contributed by atoms with E-state index in [9.17, 15) is 18.0 Å². The molecule has 0 saturated carbocycles. The maximum Gasteiger partial charge on any atom is 0.401 e. The quantitative estimate of drug-likeness (QED) is 0.843. The lowest BCUT2D eigenvalue weighted by molar-refractivity contribution is -0.155. The van der Waals surface area contributed by atoms with Crippen LogP contribution < -0.4 is 0 Å². The van der Waals surface area contributed by atoms with Crippen molar-refractivity contribution in [2.45, 2.75) is 26.2 Å². The predicted molar refractivity (Wildman–Crippen MR) is 56.9 cm³/mol. The van der Waals surface area contributed by atoms with Crippen LogP contribution in [0.25, 0.3) is 0 Å². The number of hydrogen-bond donors (Lipinski definition) is 1. The summed E-state index contributed by atoms with van der Waals surface area (Å²) in [5.41, 5.74) is 0.558. The molecule has 1 aromatic heterocycles. The van der Waals surface area contributed by atoms with E-state index in [2.05, 4.69) is 5.10 Å². The van der Waals surface area contributed by atoms with E-state index >= 15 is 0 Å². The van der Waals surface area contributed by atoms with E-state index < -0.39 is 25.2 Å². The van der Waals surface area contributed by atoms with Crippen molar-refractivity contribution in [2.75, 3.05) is 13.1 Å². The van der Waals surface area contributed by atoms with E-state index in [0.29, 0.717) is 12.2 Å². The fourth-order valence-corrected chi connectivity index (χ4v) is 1.62. The molecule has 1 N–H and O–H groups in total. The molecule has 0 aliphatic carbocycles. The van der Waals surface area contributed by atoms with Crippen LogP contribution in [0.3, 0.4) is 0 Å². The third kappa shape index (κ3) is 4.74. The van der Waals surface area contributed by atoms with Gasteiger partial charge in [-0.3, -0.25) is 14.4 Å². The number of carbonyl (C=O) groups is 1. The Kier molecular flexibility index (Phi) is 4.71. The van der Waals surface area contributed by atoms with Gasteiger partial charge in [0.15, 0.2) is 0 Å². The molecule has 102 valence electrons. The molecule has 0 aliphatic heterocycles. The highest BCUT2D eigenvalue weighted by Crippen LogP contribution is 2.18. The van der Waals surface area contributed by atoms with Crippen LogP contribution in [-0.2, 0) is 17.9 Å². The van der Waals surface area contributed by atoms with Crippen LogP contribution in [0.1, 0.15) is 12.6 Å². The molecule has 0 spiro atoms. The van der Waals surface area contributed by atoms with E-state index in [0.717, 1.165) is 4.90 Å². The summed E-state index contributed by atoms with van der Waals surface area (Å²) in [7, 11) is 0. The zero-order chi connectivity index (χ0) is 13.8. The van der Waals surface area contributed by atoms with Gasteiger partial charge in [-0.05, 0) is 13.0 Å². The van der Waals surface area contributed by atoms with Crippen molar-refractivity contribution in [3.8, 4) is 0 Å². The highest BCUT2D eigenvalue weighted by Gasteiger charge is 2.31. The second kappa shape index (κ2) is 5.85. The number of carboxylic acid groups (broad SMARTS) is 1. The van der Waals surface area contributed by atoms with Crippen LogP contribution in [0.2, 0.25) is 0 Å². The number of halogens is 3. The normalized spacial score (nSPS) is 12.1. The van der Waals surface area contributed by atoms with Crippen molar-refractivity contribution in [3.63, 3.8) is 0 Å². The van der Waals surface area contributed by atoms with Gasteiger partial charge in [0.2, 0.25) is 0 Å². The molecule has 0 atom stereocenters. The third-order valence-electron chi connectivity index (χ3n) is 2.25. The molecule has 18 heavy (non-hydrogen) atoms. The molecule has 0 fully saturated rings. The Balaban J connectivity index is 2.75. The highest BCUT2D eigenvalue weighted by molar-refractivity contribution is 5.69. The summed E-state index contributed by atoms with van der Waals surface area (Å²) in [4.78, 5) is 11.4. The van der Waals surface area contributed by atoms with E-state index in [1.165, 1.54) is 10.9 Å². The molecular formula is C10H14F3N3O2. The molecule has 1 rings (SSSR count). The summed E-state index contributed by atoms with van der Waals surface area (Å²) in [6.45, 7) is 0.319. The summed E-state index contributed by atoms with van der Waals surface area (Å²) in [5, 5.41) is 12.5. The van der Waals surface area contributed by atoms with Crippen molar-refractivity contribution < 1.29 is 23.1 Å². The lowest BCUT2D eigenvalue weighted by atomic mass is 10.3. The number of carboxylic acids is 1. The summed E-state index contributed by atoms with van der Waals surface area (Å²) in [5.74, 6) is -1.29. The number of nitrogens with zero attached hydrogens (tertiary/aromatic N) is 3. The zero-order valence-corrected chi connectivity index (χ0v) is 9.81. The lowest BCUT2D eigenvalue weighted by Gasteiger charge is -2.21. The first kappa shape index (κ1) is 14.5. The molecule has 0 aliphatic rings. The summed E-state index contributed by atoms with van der Waals surface area (Å²) in [6, 6.07) is 1.58. The Morgan fingerprint density at radius 1 is 1.56 bits per heavy atom. The maximum atomic E-state index is 12.3. The molecule has 1 aromatic rings. The van der Waals surface area contributed by atoms with Crippen LogP contribution in [0.4, 0.5) is 13.2 Å². The minimum absolute atomic E-state index is 0.0976. The minimum atomic E-state index is -4.42. The molecule has 0 aromatic carbocycles. The SMILES string of the molecule is CCn1nccc1CN(CC(=O)O)CC(F)(F)F. The Morgan fingerprint density at radius 2 is 2.22 bits per heavy atom. The van der Waals surface area contributed by atoms with Crippen LogP contribution >= 0.6 is 0 Å². The van der Waals surface area contributed by atoms with Gasteiger partial charge < -0.3 is 5.11 Å². The van der Waals surface area contributed by atoms with Crippen LogP contribution in [0, 0.1) is 0 Å². The van der Waals surface area contributed by atoms with Crippen molar-refractivity contribution >= 4 is 5.97 Å². The van der Waals surface area contributed by atoms with Crippen molar-refractivity contribution in [3.05, 3.63) is 18.0 Å². The maximum absolute atomic E-state index is 12.3. The second-order valence-electron chi connectivity index (χ2n) is 3.79. The van der Waals surface area contributed by atoms with Crippen molar-refractivity contribution in [2.24, 2.45) is 0 Å². The molecule has 1 heterocycles. The average molecular weight is 265 g/mol. The fourth-order valence-electron chi connectivity index (χ4n) is 1.62. The number of alkyl halides is 3. The van der Waals surface area contributed by atoms with Gasteiger partial charge in [0, 0.05) is 19.3 Å². The number of rotatable bonds is 6. The first-order chi connectivity index (χ1) is 8.31. The molecule has 0 saturated heterocycles. The highest BCUT2D eigenvalue weighted by atomic mass is 19.4. The Hall–Kier alpha value is -1.57. The van der Waals surface area contributed by atoms with Gasteiger partial charge in [-0.1, -0.05) is 0 Å². The van der Waals surface area contributed by atoms with Crippen molar-refractivity contribution in [1.29, 1.82) is 0 Å². The van der Waals surface area contributed by atoms with Gasteiger partial charge >= 0.3 is 12.1 Å². The number of aliphatic carboxylic acids is 1. The van der Waals surface area contributed by atoms with Gasteiger partial charge in [0.1, 0.15) is 0 Å². The first-order valence-corrected chi connectivity index (χ1v) is 5.33. The standard InChI is InChI=1S/C10H14F3N3O2/c1-2-16-8(3-4-14-16)5-15(6-9(17)18)7-10(11,12)13/h3-4H,2,5-7H2,1H3,(H,17,18). The molecule has 0 amide bonds. The monoisotopic (exact) mass is 265 g/mol. The van der Waals surface area contributed by atoms with E-state index in [-0.39, 0.29) is 6.54 Å². The zero-order valence-electron chi connectivity index (χ0n) is 9.81. The van der Waals surface area contributed by atoms with Gasteiger partial charge in [-0.2, -0.15) is 18.3 Å². The first-order valence-electron chi connectivity index (χ1n) is 5.33. The number of hydrogen-bond acceptors (Lipinski definition) is 3. The molecule has 0 unspecified atom stereocenters. The summed E-state index contributed by atoms with van der Waals surface area (Å²) in [6.07, 6.45) is -2.95.